The summed E-state index contributed by atoms with van der Waals surface area (Å²) in [5.74, 6) is 1.46. The molecule has 0 aliphatic carbocycles. The molecule has 0 unspecified atom stereocenters. The van der Waals surface area contributed by atoms with E-state index in [0.29, 0.717) is 23.7 Å². The number of likely N-dealkylation sites (tertiary alicyclic amines) is 1. The van der Waals surface area contributed by atoms with E-state index in [1.165, 1.54) is 12.0 Å². The molecule has 1 saturated heterocycles. The summed E-state index contributed by atoms with van der Waals surface area (Å²) in [4.78, 5) is 26.0. The van der Waals surface area contributed by atoms with Crippen LogP contribution in [0.4, 0.5) is 0 Å². The number of ketones is 1. The monoisotopic (exact) mass is 379 g/mol. The van der Waals surface area contributed by atoms with Crippen LogP contribution in [0.1, 0.15) is 48.5 Å². The number of nitrogens with zero attached hydrogens (tertiary/aromatic N) is 1. The number of hydrogen-bond donors (Lipinski definition) is 0. The first-order chi connectivity index (χ1) is 13.7. The number of hydrogen-bond acceptors (Lipinski definition) is 3. The summed E-state index contributed by atoms with van der Waals surface area (Å²) in [6.07, 6.45) is 4.91. The first-order valence-corrected chi connectivity index (χ1v) is 10.2. The zero-order valence-electron chi connectivity index (χ0n) is 16.6. The first kappa shape index (κ1) is 20.1. The molecule has 0 atom stereocenters. The zero-order valence-corrected chi connectivity index (χ0v) is 16.6. The number of Topliss-reactive ketones (excluding diaryl/α,β-unsaturated/α-hetero) is 1. The van der Waals surface area contributed by atoms with Crippen LogP contribution in [0.3, 0.4) is 0 Å². The first-order valence-electron chi connectivity index (χ1n) is 10.2. The Balaban J connectivity index is 1.38. The van der Waals surface area contributed by atoms with E-state index in [-0.39, 0.29) is 18.3 Å². The number of ether oxygens (including phenoxy) is 1. The van der Waals surface area contributed by atoms with Crippen LogP contribution in [0, 0.1) is 5.92 Å². The summed E-state index contributed by atoms with van der Waals surface area (Å²) in [6, 6.07) is 17.6. The van der Waals surface area contributed by atoms with Crippen LogP contribution < -0.4 is 4.74 Å². The van der Waals surface area contributed by atoms with Gasteiger partial charge >= 0.3 is 0 Å². The van der Waals surface area contributed by atoms with Crippen LogP contribution in [0.15, 0.2) is 54.6 Å². The number of carbonyl (C=O) groups is 2. The Morgan fingerprint density at radius 2 is 1.68 bits per heavy atom. The minimum absolute atomic E-state index is 0.0372. The third kappa shape index (κ3) is 5.69. The SMILES string of the molecule is CCC(=O)c1ccc(OCC(=O)N2CCC(CCc3ccccc3)CC2)cc1. The second-order valence-corrected chi connectivity index (χ2v) is 7.44. The molecular formula is C24H29NO3. The lowest BCUT2D eigenvalue weighted by molar-refractivity contribution is -0.134. The molecule has 0 aromatic heterocycles. The van der Waals surface area contributed by atoms with E-state index in [4.69, 9.17) is 4.74 Å². The van der Waals surface area contributed by atoms with Crippen molar-refractivity contribution < 1.29 is 14.3 Å². The van der Waals surface area contributed by atoms with E-state index in [9.17, 15) is 9.59 Å². The fourth-order valence-electron chi connectivity index (χ4n) is 3.66. The quantitative estimate of drug-likeness (QED) is 0.633. The molecule has 1 aliphatic heterocycles. The van der Waals surface area contributed by atoms with E-state index in [0.717, 1.165) is 32.4 Å². The Labute approximate surface area is 167 Å². The van der Waals surface area contributed by atoms with Crippen molar-refractivity contribution in [3.63, 3.8) is 0 Å². The van der Waals surface area contributed by atoms with Crippen molar-refractivity contribution in [2.45, 2.75) is 39.0 Å². The van der Waals surface area contributed by atoms with Crippen LogP contribution in [-0.4, -0.2) is 36.3 Å². The van der Waals surface area contributed by atoms with E-state index in [2.05, 4.69) is 30.3 Å². The zero-order chi connectivity index (χ0) is 19.8. The van der Waals surface area contributed by atoms with Gasteiger partial charge in [-0.2, -0.15) is 0 Å². The molecule has 148 valence electrons. The normalized spacial score (nSPS) is 14.7. The standard InChI is InChI=1S/C24H29NO3/c1-2-23(26)21-10-12-22(13-11-21)28-18-24(27)25-16-14-20(15-17-25)9-8-19-6-4-3-5-7-19/h3-7,10-13,20H,2,8-9,14-18H2,1H3. The minimum Gasteiger partial charge on any atom is -0.484 e. The summed E-state index contributed by atoms with van der Waals surface area (Å²) in [5.41, 5.74) is 2.07. The number of amides is 1. The second-order valence-electron chi connectivity index (χ2n) is 7.44. The molecule has 28 heavy (non-hydrogen) atoms. The topological polar surface area (TPSA) is 46.6 Å². The van der Waals surface area contributed by atoms with Crippen molar-refractivity contribution in [3.8, 4) is 5.75 Å². The number of piperidine rings is 1. The average Bonchev–Trinajstić information content (AvgIpc) is 2.77. The lowest BCUT2D eigenvalue weighted by Crippen LogP contribution is -2.41. The third-order valence-corrected chi connectivity index (χ3v) is 5.51. The summed E-state index contributed by atoms with van der Waals surface area (Å²) in [6.45, 7) is 3.52. The van der Waals surface area contributed by atoms with Gasteiger partial charge in [0.25, 0.3) is 5.91 Å². The molecule has 0 radical (unpaired) electrons. The molecule has 2 aromatic rings. The molecule has 0 saturated carbocycles. The Bertz CT molecular complexity index is 762. The largest absolute Gasteiger partial charge is 0.484 e. The molecule has 0 N–H and O–H groups in total. The van der Waals surface area contributed by atoms with Crippen LogP contribution in [-0.2, 0) is 11.2 Å². The van der Waals surface area contributed by atoms with Gasteiger partial charge in [0.05, 0.1) is 0 Å². The Morgan fingerprint density at radius 1 is 1.00 bits per heavy atom. The van der Waals surface area contributed by atoms with Gasteiger partial charge in [-0.3, -0.25) is 9.59 Å². The Morgan fingerprint density at radius 3 is 2.32 bits per heavy atom. The molecule has 1 heterocycles. The van der Waals surface area contributed by atoms with Crippen molar-refractivity contribution in [2.24, 2.45) is 5.92 Å². The van der Waals surface area contributed by atoms with Crippen molar-refractivity contribution in [1.82, 2.24) is 4.90 Å². The average molecular weight is 380 g/mol. The van der Waals surface area contributed by atoms with Gasteiger partial charge in [-0.25, -0.2) is 0 Å². The van der Waals surface area contributed by atoms with Gasteiger partial charge < -0.3 is 9.64 Å². The predicted molar refractivity (Wildman–Crippen MR) is 111 cm³/mol. The summed E-state index contributed by atoms with van der Waals surface area (Å²) >= 11 is 0. The lowest BCUT2D eigenvalue weighted by atomic mass is 9.90. The lowest BCUT2D eigenvalue weighted by Gasteiger charge is -2.32. The molecule has 1 aliphatic rings. The minimum atomic E-state index is 0.0372. The maximum atomic E-state index is 12.4. The van der Waals surface area contributed by atoms with Crippen molar-refractivity contribution in [3.05, 3.63) is 65.7 Å². The highest BCUT2D eigenvalue weighted by Gasteiger charge is 2.22. The number of carbonyl (C=O) groups excluding carboxylic acids is 2. The third-order valence-electron chi connectivity index (χ3n) is 5.51. The van der Waals surface area contributed by atoms with Crippen LogP contribution in [0.25, 0.3) is 0 Å². The molecular weight excluding hydrogens is 350 g/mol. The molecule has 4 heteroatoms. The van der Waals surface area contributed by atoms with Crippen molar-refractivity contribution in [1.29, 1.82) is 0 Å². The van der Waals surface area contributed by atoms with Gasteiger partial charge in [0.15, 0.2) is 12.4 Å². The van der Waals surface area contributed by atoms with E-state index in [1.54, 1.807) is 24.3 Å². The van der Waals surface area contributed by atoms with Gasteiger partial charge in [-0.1, -0.05) is 37.3 Å². The summed E-state index contributed by atoms with van der Waals surface area (Å²) in [7, 11) is 0. The molecule has 0 bridgehead atoms. The molecule has 0 spiro atoms. The predicted octanol–water partition coefficient (Wildman–Crippen LogP) is 4.53. The molecule has 1 amide bonds. The van der Waals surface area contributed by atoms with Crippen LogP contribution >= 0.6 is 0 Å². The van der Waals surface area contributed by atoms with Gasteiger partial charge in [0, 0.05) is 25.1 Å². The van der Waals surface area contributed by atoms with E-state index in [1.807, 2.05) is 11.8 Å². The van der Waals surface area contributed by atoms with Crippen molar-refractivity contribution in [2.75, 3.05) is 19.7 Å². The second kappa shape index (κ2) is 10.1. The van der Waals surface area contributed by atoms with Crippen LogP contribution in [0.2, 0.25) is 0 Å². The highest BCUT2D eigenvalue weighted by Crippen LogP contribution is 2.23. The smallest absolute Gasteiger partial charge is 0.260 e. The van der Waals surface area contributed by atoms with Gasteiger partial charge in [0.2, 0.25) is 0 Å². The van der Waals surface area contributed by atoms with Gasteiger partial charge in [0.1, 0.15) is 5.75 Å². The highest BCUT2D eigenvalue weighted by atomic mass is 16.5. The van der Waals surface area contributed by atoms with E-state index >= 15 is 0 Å². The maximum Gasteiger partial charge on any atom is 0.260 e. The number of rotatable bonds is 8. The maximum absolute atomic E-state index is 12.4. The molecule has 4 nitrogen and oxygen atoms in total. The number of aryl methyl sites for hydroxylation is 1. The van der Waals surface area contributed by atoms with Gasteiger partial charge in [-0.05, 0) is 61.4 Å². The summed E-state index contributed by atoms with van der Waals surface area (Å²) < 4.78 is 5.62. The molecule has 3 rings (SSSR count). The summed E-state index contributed by atoms with van der Waals surface area (Å²) in [5, 5.41) is 0. The van der Waals surface area contributed by atoms with Crippen LogP contribution in [0.5, 0.6) is 5.75 Å². The Kier molecular flexibility index (Phi) is 7.24. The molecule has 2 aromatic carbocycles. The fraction of sp³-hybridized carbons (Fsp3) is 0.417. The Hall–Kier alpha value is -2.62. The van der Waals surface area contributed by atoms with Crippen molar-refractivity contribution >= 4 is 11.7 Å². The fourth-order valence-corrected chi connectivity index (χ4v) is 3.66. The molecule has 1 fully saturated rings. The number of benzene rings is 2. The van der Waals surface area contributed by atoms with E-state index < -0.39 is 0 Å². The van der Waals surface area contributed by atoms with Gasteiger partial charge in [-0.15, -0.1) is 0 Å². The highest BCUT2D eigenvalue weighted by molar-refractivity contribution is 5.95.